The van der Waals surface area contributed by atoms with Gasteiger partial charge in [-0.05, 0) is 48.4 Å². The summed E-state index contributed by atoms with van der Waals surface area (Å²) in [6.07, 6.45) is 8.98. The summed E-state index contributed by atoms with van der Waals surface area (Å²) in [7, 11) is 0. The van der Waals surface area contributed by atoms with Gasteiger partial charge in [-0.15, -0.1) is 0 Å². The Morgan fingerprint density at radius 1 is 1.00 bits per heavy atom. The molecule has 4 rings (SSSR count). The number of carbonyl (C=O) groups is 1. The van der Waals surface area contributed by atoms with Gasteiger partial charge in [0.05, 0.1) is 6.54 Å². The van der Waals surface area contributed by atoms with E-state index >= 15 is 0 Å². The van der Waals surface area contributed by atoms with Crippen LogP contribution in [0.5, 0.6) is 0 Å². The van der Waals surface area contributed by atoms with Crippen LogP contribution >= 0.6 is 0 Å². The highest BCUT2D eigenvalue weighted by Crippen LogP contribution is 2.12. The zero-order valence-electron chi connectivity index (χ0n) is 16.0. The highest BCUT2D eigenvalue weighted by atomic mass is 16.2. The number of amides is 2. The number of anilines is 1. The van der Waals surface area contributed by atoms with Gasteiger partial charge in [-0.1, -0.05) is 12.1 Å². The van der Waals surface area contributed by atoms with Crippen LogP contribution in [0.2, 0.25) is 0 Å². The van der Waals surface area contributed by atoms with Crippen LogP contribution in [0.1, 0.15) is 17.0 Å². The van der Waals surface area contributed by atoms with E-state index in [1.807, 2.05) is 71.0 Å². The normalized spacial score (nSPS) is 10.7. The molecule has 8 nitrogen and oxygen atoms in total. The molecule has 0 aliphatic carbocycles. The quantitative estimate of drug-likeness (QED) is 0.532. The molecule has 0 unspecified atom stereocenters. The average molecular weight is 387 g/mol. The van der Waals surface area contributed by atoms with Crippen LogP contribution in [-0.2, 0) is 13.1 Å². The number of rotatable bonds is 6. The molecule has 4 aromatic rings. The lowest BCUT2D eigenvalue weighted by atomic mass is 10.2. The molecule has 2 amide bonds. The zero-order chi connectivity index (χ0) is 20.1. The van der Waals surface area contributed by atoms with E-state index in [1.165, 1.54) is 0 Å². The van der Waals surface area contributed by atoms with Crippen molar-refractivity contribution < 1.29 is 4.79 Å². The van der Waals surface area contributed by atoms with E-state index < -0.39 is 0 Å². The Morgan fingerprint density at radius 3 is 2.59 bits per heavy atom. The minimum Gasteiger partial charge on any atom is -0.334 e. The fourth-order valence-electron chi connectivity index (χ4n) is 2.95. The first kappa shape index (κ1) is 18.4. The number of nitrogens with zero attached hydrogens (tertiary/aromatic N) is 5. The topological polar surface area (TPSA) is 89.7 Å². The van der Waals surface area contributed by atoms with Crippen molar-refractivity contribution in [3.63, 3.8) is 0 Å². The summed E-state index contributed by atoms with van der Waals surface area (Å²) in [5.74, 6) is 1.63. The number of carbonyl (C=O) groups excluding carboxylic acids is 1. The molecule has 0 saturated heterocycles. The van der Waals surface area contributed by atoms with Crippen LogP contribution in [0.4, 0.5) is 10.5 Å². The molecule has 3 aromatic heterocycles. The van der Waals surface area contributed by atoms with Crippen molar-refractivity contribution in [2.75, 3.05) is 5.32 Å². The second kappa shape index (κ2) is 8.39. The zero-order valence-corrected chi connectivity index (χ0v) is 16.0. The van der Waals surface area contributed by atoms with E-state index in [4.69, 9.17) is 0 Å². The molecule has 0 fully saturated rings. The summed E-state index contributed by atoms with van der Waals surface area (Å²) in [4.78, 5) is 20.8. The van der Waals surface area contributed by atoms with E-state index in [1.54, 1.807) is 18.6 Å². The molecule has 0 aliphatic rings. The average Bonchev–Trinajstić information content (AvgIpc) is 3.40. The number of aryl methyl sites for hydroxylation is 1. The highest BCUT2D eigenvalue weighted by Gasteiger charge is 2.06. The number of benzene rings is 1. The first-order chi connectivity index (χ1) is 14.2. The summed E-state index contributed by atoms with van der Waals surface area (Å²) in [5.41, 5.74) is 2.79. The Labute approximate surface area is 168 Å². The van der Waals surface area contributed by atoms with Crippen LogP contribution in [0, 0.1) is 6.92 Å². The van der Waals surface area contributed by atoms with Gasteiger partial charge in [0.25, 0.3) is 0 Å². The predicted octanol–water partition coefficient (Wildman–Crippen LogP) is 3.14. The molecule has 8 heteroatoms. The molecule has 0 spiro atoms. The van der Waals surface area contributed by atoms with E-state index in [-0.39, 0.29) is 6.03 Å². The second-order valence-electron chi connectivity index (χ2n) is 6.57. The highest BCUT2D eigenvalue weighted by molar-refractivity contribution is 5.89. The molecule has 1 aromatic carbocycles. The third-order valence-electron chi connectivity index (χ3n) is 4.45. The summed E-state index contributed by atoms with van der Waals surface area (Å²) in [6.45, 7) is 3.01. The molecule has 0 aliphatic heterocycles. The van der Waals surface area contributed by atoms with E-state index in [0.717, 1.165) is 28.5 Å². The Hall–Kier alpha value is -3.94. The van der Waals surface area contributed by atoms with Crippen molar-refractivity contribution in [2.24, 2.45) is 0 Å². The molecule has 0 bridgehead atoms. The number of hydrogen-bond acceptors (Lipinski definition) is 4. The first-order valence-electron chi connectivity index (χ1n) is 9.24. The van der Waals surface area contributed by atoms with Gasteiger partial charge in [0.15, 0.2) is 0 Å². The maximum absolute atomic E-state index is 12.2. The van der Waals surface area contributed by atoms with Gasteiger partial charge in [-0.25, -0.2) is 14.8 Å². The Kier molecular flexibility index (Phi) is 5.33. The second-order valence-corrected chi connectivity index (χ2v) is 6.57. The lowest BCUT2D eigenvalue weighted by Gasteiger charge is -2.10. The van der Waals surface area contributed by atoms with E-state index in [2.05, 4.69) is 25.7 Å². The number of aromatic nitrogens is 5. The largest absolute Gasteiger partial charge is 0.334 e. The number of nitrogens with one attached hydrogen (secondary N) is 2. The van der Waals surface area contributed by atoms with Gasteiger partial charge >= 0.3 is 6.03 Å². The molecular weight excluding hydrogens is 366 g/mol. The standard InChI is InChI=1S/C21H21N7O/c1-16-22-10-12-28(16)20-13-18(7-9-23-20)14-24-21(29)26-19-5-3-17(4-6-19)15-27-11-2-8-25-27/h2-13H,14-15H2,1H3,(H2,24,26,29). The maximum Gasteiger partial charge on any atom is 0.319 e. The third kappa shape index (κ3) is 4.67. The summed E-state index contributed by atoms with van der Waals surface area (Å²) in [6, 6.07) is 13.1. The summed E-state index contributed by atoms with van der Waals surface area (Å²) in [5, 5.41) is 9.91. The lowest BCUT2D eigenvalue weighted by Crippen LogP contribution is -2.28. The molecule has 29 heavy (non-hydrogen) atoms. The number of pyridine rings is 1. The Balaban J connectivity index is 1.32. The molecule has 3 heterocycles. The molecular formula is C21H21N7O. The number of imidazole rings is 1. The van der Waals surface area contributed by atoms with Crippen molar-refractivity contribution in [1.29, 1.82) is 0 Å². The summed E-state index contributed by atoms with van der Waals surface area (Å²) >= 11 is 0. The van der Waals surface area contributed by atoms with Crippen LogP contribution in [0.15, 0.2) is 73.4 Å². The molecule has 0 atom stereocenters. The maximum atomic E-state index is 12.2. The van der Waals surface area contributed by atoms with Crippen LogP contribution < -0.4 is 10.6 Å². The summed E-state index contributed by atoms with van der Waals surface area (Å²) < 4.78 is 3.75. The van der Waals surface area contributed by atoms with Gasteiger partial charge in [-0.2, -0.15) is 5.10 Å². The fraction of sp³-hybridized carbons (Fsp3) is 0.143. The van der Waals surface area contributed by atoms with Gasteiger partial charge in [-0.3, -0.25) is 9.25 Å². The van der Waals surface area contributed by atoms with Crippen LogP contribution in [0.25, 0.3) is 5.82 Å². The predicted molar refractivity (Wildman–Crippen MR) is 110 cm³/mol. The molecule has 0 saturated carbocycles. The van der Waals surface area contributed by atoms with Crippen LogP contribution in [-0.4, -0.2) is 30.3 Å². The van der Waals surface area contributed by atoms with Gasteiger partial charge < -0.3 is 10.6 Å². The SMILES string of the molecule is Cc1nccn1-c1cc(CNC(=O)Nc2ccc(Cn3cccn3)cc2)ccn1. The van der Waals surface area contributed by atoms with Crippen molar-refractivity contribution in [2.45, 2.75) is 20.0 Å². The van der Waals surface area contributed by atoms with Gasteiger partial charge in [0.2, 0.25) is 0 Å². The van der Waals surface area contributed by atoms with Crippen LogP contribution in [0.3, 0.4) is 0 Å². The Morgan fingerprint density at radius 2 is 1.86 bits per heavy atom. The molecule has 146 valence electrons. The smallest absolute Gasteiger partial charge is 0.319 e. The third-order valence-corrected chi connectivity index (χ3v) is 4.45. The minimum absolute atomic E-state index is 0.262. The molecule has 0 radical (unpaired) electrons. The van der Waals surface area contributed by atoms with Crippen molar-refractivity contribution in [3.05, 3.63) is 90.4 Å². The fourth-order valence-corrected chi connectivity index (χ4v) is 2.95. The number of urea groups is 1. The first-order valence-corrected chi connectivity index (χ1v) is 9.24. The van der Waals surface area contributed by atoms with E-state index in [0.29, 0.717) is 13.1 Å². The lowest BCUT2D eigenvalue weighted by molar-refractivity contribution is 0.251. The minimum atomic E-state index is -0.262. The van der Waals surface area contributed by atoms with Crippen molar-refractivity contribution >= 4 is 11.7 Å². The van der Waals surface area contributed by atoms with E-state index in [9.17, 15) is 4.79 Å². The van der Waals surface area contributed by atoms with Crippen molar-refractivity contribution in [1.82, 2.24) is 29.6 Å². The Bertz CT molecular complexity index is 1080. The van der Waals surface area contributed by atoms with Crippen molar-refractivity contribution in [3.8, 4) is 5.82 Å². The molecule has 2 N–H and O–H groups in total. The van der Waals surface area contributed by atoms with Gasteiger partial charge in [0, 0.05) is 43.2 Å². The number of hydrogen-bond donors (Lipinski definition) is 2. The van der Waals surface area contributed by atoms with Gasteiger partial charge in [0.1, 0.15) is 11.6 Å². The monoisotopic (exact) mass is 387 g/mol.